The van der Waals surface area contributed by atoms with Crippen molar-refractivity contribution in [1.29, 1.82) is 5.26 Å². The number of pyridine rings is 1. The van der Waals surface area contributed by atoms with Gasteiger partial charge in [0.05, 0.1) is 15.6 Å². The fourth-order valence-electron chi connectivity index (χ4n) is 1.27. The molecule has 0 fully saturated rings. The minimum absolute atomic E-state index is 0.0755. The molecule has 0 spiro atoms. The molecule has 1 heterocycles. The Labute approximate surface area is 94.9 Å². The Bertz CT molecular complexity index is 590. The molecular weight excluding hydrogens is 238 g/mol. The molecule has 0 aliphatic carbocycles. The van der Waals surface area contributed by atoms with E-state index >= 15 is 0 Å². The van der Waals surface area contributed by atoms with Gasteiger partial charge in [-0.3, -0.25) is 4.98 Å². The van der Waals surface area contributed by atoms with Crippen LogP contribution in [-0.2, 0) is 0 Å². The third-order valence-electron chi connectivity index (χ3n) is 1.98. The van der Waals surface area contributed by atoms with Crippen LogP contribution in [0, 0.1) is 17.1 Å². The highest BCUT2D eigenvalue weighted by atomic mass is 35.5. The van der Waals surface area contributed by atoms with Crippen molar-refractivity contribution in [2.45, 2.75) is 0 Å². The topological polar surface area (TPSA) is 36.7 Å². The summed E-state index contributed by atoms with van der Waals surface area (Å²) in [7, 11) is 0. The summed E-state index contributed by atoms with van der Waals surface area (Å²) < 4.78 is 13.3. The Morgan fingerprint density at radius 2 is 2.07 bits per heavy atom. The van der Waals surface area contributed by atoms with E-state index < -0.39 is 5.82 Å². The third kappa shape index (κ3) is 1.52. The standard InChI is InChI=1S/C10H3Cl2FN2/c11-6-1-2-7(13)10-8(6)9(12)5(3-14)4-15-10/h1-2,4H. The van der Waals surface area contributed by atoms with Gasteiger partial charge in [0.1, 0.15) is 17.4 Å². The van der Waals surface area contributed by atoms with Gasteiger partial charge in [0, 0.05) is 11.6 Å². The summed E-state index contributed by atoms with van der Waals surface area (Å²) in [4.78, 5) is 3.81. The van der Waals surface area contributed by atoms with E-state index in [-0.39, 0.29) is 26.5 Å². The van der Waals surface area contributed by atoms with Crippen molar-refractivity contribution in [1.82, 2.24) is 4.98 Å². The monoisotopic (exact) mass is 240 g/mol. The number of fused-ring (bicyclic) bond motifs is 1. The van der Waals surface area contributed by atoms with Crippen LogP contribution in [-0.4, -0.2) is 4.98 Å². The first-order valence-electron chi connectivity index (χ1n) is 3.97. The molecule has 1 aromatic heterocycles. The van der Waals surface area contributed by atoms with Gasteiger partial charge in [-0.15, -0.1) is 0 Å². The van der Waals surface area contributed by atoms with Crippen molar-refractivity contribution in [3.05, 3.63) is 39.8 Å². The molecule has 0 bridgehead atoms. The molecule has 1 aromatic carbocycles. The van der Waals surface area contributed by atoms with E-state index in [0.29, 0.717) is 0 Å². The normalized spacial score (nSPS) is 10.3. The molecule has 0 N–H and O–H groups in total. The van der Waals surface area contributed by atoms with Crippen LogP contribution in [0.5, 0.6) is 0 Å². The summed E-state index contributed by atoms with van der Waals surface area (Å²) in [6.07, 6.45) is 1.23. The second-order valence-electron chi connectivity index (χ2n) is 2.85. The minimum Gasteiger partial charge on any atom is -0.252 e. The minimum atomic E-state index is -0.513. The molecule has 0 atom stereocenters. The molecule has 15 heavy (non-hydrogen) atoms. The van der Waals surface area contributed by atoms with Gasteiger partial charge in [0.2, 0.25) is 0 Å². The molecule has 2 nitrogen and oxygen atoms in total. The molecule has 0 aliphatic rings. The van der Waals surface area contributed by atoms with Crippen LogP contribution in [0.15, 0.2) is 18.3 Å². The molecular formula is C10H3Cl2FN2. The lowest BCUT2D eigenvalue weighted by Crippen LogP contribution is -1.89. The lowest BCUT2D eigenvalue weighted by atomic mass is 10.1. The largest absolute Gasteiger partial charge is 0.252 e. The number of halogens is 3. The molecule has 74 valence electrons. The summed E-state index contributed by atoms with van der Waals surface area (Å²) in [6, 6.07) is 4.45. The van der Waals surface area contributed by atoms with Gasteiger partial charge in [-0.05, 0) is 12.1 Å². The predicted molar refractivity (Wildman–Crippen MR) is 56.4 cm³/mol. The van der Waals surface area contributed by atoms with Crippen LogP contribution in [0.4, 0.5) is 4.39 Å². The van der Waals surface area contributed by atoms with Gasteiger partial charge in [0.15, 0.2) is 0 Å². The van der Waals surface area contributed by atoms with E-state index in [1.54, 1.807) is 0 Å². The highest BCUT2D eigenvalue weighted by Gasteiger charge is 2.12. The maximum atomic E-state index is 13.3. The zero-order valence-electron chi connectivity index (χ0n) is 7.26. The smallest absolute Gasteiger partial charge is 0.149 e. The second-order valence-corrected chi connectivity index (χ2v) is 3.64. The van der Waals surface area contributed by atoms with Gasteiger partial charge in [-0.25, -0.2) is 4.39 Å². The first kappa shape index (κ1) is 10.2. The lowest BCUT2D eigenvalue weighted by Gasteiger charge is -2.04. The summed E-state index contributed by atoms with van der Waals surface area (Å²) in [5, 5.41) is 9.41. The number of hydrogen-bond donors (Lipinski definition) is 0. The van der Waals surface area contributed by atoms with Gasteiger partial charge < -0.3 is 0 Å². The van der Waals surface area contributed by atoms with Crippen LogP contribution in [0.25, 0.3) is 10.9 Å². The molecule has 0 unspecified atom stereocenters. The summed E-state index contributed by atoms with van der Waals surface area (Å²) in [5.74, 6) is -0.513. The number of rotatable bonds is 0. The number of nitrogens with zero attached hydrogens (tertiary/aromatic N) is 2. The molecule has 0 amide bonds. The molecule has 0 aliphatic heterocycles. The second kappa shape index (κ2) is 3.65. The van der Waals surface area contributed by atoms with Crippen LogP contribution in [0.2, 0.25) is 10.0 Å². The Hall–Kier alpha value is -1.37. The number of benzene rings is 1. The summed E-state index contributed by atoms with van der Waals surface area (Å²) >= 11 is 11.8. The SMILES string of the molecule is N#Cc1cnc2c(F)ccc(Cl)c2c1Cl. The molecule has 0 saturated carbocycles. The molecule has 5 heteroatoms. The number of aromatic nitrogens is 1. The highest BCUT2D eigenvalue weighted by molar-refractivity contribution is 6.42. The maximum absolute atomic E-state index is 13.3. The van der Waals surface area contributed by atoms with Crippen molar-refractivity contribution in [3.8, 4) is 6.07 Å². The molecule has 0 radical (unpaired) electrons. The average molecular weight is 241 g/mol. The summed E-state index contributed by atoms with van der Waals surface area (Å²) in [5.41, 5.74) is 0.253. The Morgan fingerprint density at radius 3 is 2.73 bits per heavy atom. The van der Waals surface area contributed by atoms with E-state index in [9.17, 15) is 4.39 Å². The first-order chi connectivity index (χ1) is 7.15. The van der Waals surface area contributed by atoms with E-state index in [1.807, 2.05) is 6.07 Å². The molecule has 2 rings (SSSR count). The van der Waals surface area contributed by atoms with Crippen molar-refractivity contribution in [3.63, 3.8) is 0 Å². The van der Waals surface area contributed by atoms with Crippen LogP contribution >= 0.6 is 23.2 Å². The van der Waals surface area contributed by atoms with E-state index in [1.165, 1.54) is 18.3 Å². The van der Waals surface area contributed by atoms with Crippen molar-refractivity contribution >= 4 is 34.1 Å². The first-order valence-corrected chi connectivity index (χ1v) is 4.73. The van der Waals surface area contributed by atoms with Crippen molar-refractivity contribution < 1.29 is 4.39 Å². The predicted octanol–water partition coefficient (Wildman–Crippen LogP) is 3.55. The lowest BCUT2D eigenvalue weighted by molar-refractivity contribution is 0.637. The number of nitriles is 1. The zero-order chi connectivity index (χ0) is 11.0. The van der Waals surface area contributed by atoms with Gasteiger partial charge in [-0.2, -0.15) is 5.26 Å². The highest BCUT2D eigenvalue weighted by Crippen LogP contribution is 2.32. The summed E-state index contributed by atoms with van der Waals surface area (Å²) in [6.45, 7) is 0. The quantitative estimate of drug-likeness (QED) is 0.707. The number of hydrogen-bond acceptors (Lipinski definition) is 2. The Morgan fingerprint density at radius 1 is 1.33 bits per heavy atom. The van der Waals surface area contributed by atoms with Gasteiger partial charge >= 0.3 is 0 Å². The van der Waals surface area contributed by atoms with Crippen LogP contribution < -0.4 is 0 Å². The van der Waals surface area contributed by atoms with Crippen LogP contribution in [0.3, 0.4) is 0 Å². The van der Waals surface area contributed by atoms with Crippen molar-refractivity contribution in [2.24, 2.45) is 0 Å². The average Bonchev–Trinajstić information content (AvgIpc) is 2.23. The fraction of sp³-hybridized carbons (Fsp3) is 0. The third-order valence-corrected chi connectivity index (χ3v) is 2.68. The molecule has 2 aromatic rings. The van der Waals surface area contributed by atoms with E-state index in [4.69, 9.17) is 28.5 Å². The Balaban J connectivity index is 3.00. The van der Waals surface area contributed by atoms with Gasteiger partial charge in [-0.1, -0.05) is 23.2 Å². The maximum Gasteiger partial charge on any atom is 0.149 e. The fourth-order valence-corrected chi connectivity index (χ4v) is 1.85. The molecule has 0 saturated heterocycles. The van der Waals surface area contributed by atoms with E-state index in [2.05, 4.69) is 4.98 Å². The van der Waals surface area contributed by atoms with Gasteiger partial charge in [0.25, 0.3) is 0 Å². The van der Waals surface area contributed by atoms with Crippen molar-refractivity contribution in [2.75, 3.05) is 0 Å². The van der Waals surface area contributed by atoms with E-state index in [0.717, 1.165) is 0 Å². The van der Waals surface area contributed by atoms with Crippen LogP contribution in [0.1, 0.15) is 5.56 Å². The zero-order valence-corrected chi connectivity index (χ0v) is 8.77. The Kier molecular flexibility index (Phi) is 2.47.